The molecule has 9 heteroatoms. The molecule has 0 aromatic heterocycles. The molecule has 2 aromatic rings. The molecule has 1 amide bonds. The second kappa shape index (κ2) is 5.75. The molecule has 1 atom stereocenters. The molecule has 0 radical (unpaired) electrons. The Morgan fingerprint density at radius 1 is 1.17 bits per heavy atom. The van der Waals surface area contributed by atoms with Crippen molar-refractivity contribution >= 4 is 27.3 Å². The summed E-state index contributed by atoms with van der Waals surface area (Å²) in [5, 5.41) is 2.52. The number of ether oxygens (including phenoxy) is 1. The first-order chi connectivity index (χ1) is 11.3. The number of anilines is 2. The summed E-state index contributed by atoms with van der Waals surface area (Å²) in [6.07, 6.45) is -0.695. The molecule has 0 saturated heterocycles. The molecule has 0 saturated carbocycles. The van der Waals surface area contributed by atoms with Crippen molar-refractivity contribution in [3.63, 3.8) is 0 Å². The van der Waals surface area contributed by atoms with E-state index >= 15 is 0 Å². The molecule has 3 rings (SSSR count). The fourth-order valence-corrected chi connectivity index (χ4v) is 3.22. The molecule has 0 bridgehead atoms. The van der Waals surface area contributed by atoms with E-state index in [0.717, 1.165) is 18.2 Å². The Bertz CT molecular complexity index is 931. The molecule has 1 heterocycles. The number of fused-ring (bicyclic) bond motifs is 1. The van der Waals surface area contributed by atoms with Crippen LogP contribution in [0, 0.1) is 11.6 Å². The van der Waals surface area contributed by atoms with Crippen molar-refractivity contribution < 1.29 is 26.7 Å². The van der Waals surface area contributed by atoms with Crippen LogP contribution in [0.15, 0.2) is 41.3 Å². The standard InChI is InChI=1S/C15H12F2N2O4S/c1-8-15(20)18-13-7-10(3-5-14(13)23-8)24(21,22)19-12-6-9(16)2-4-11(12)17/h2-8,19H,1H3,(H,18,20)/t8-/m1/s1. The van der Waals surface area contributed by atoms with Gasteiger partial charge in [-0.15, -0.1) is 0 Å². The lowest BCUT2D eigenvalue weighted by atomic mass is 10.2. The van der Waals surface area contributed by atoms with Crippen molar-refractivity contribution in [1.29, 1.82) is 0 Å². The van der Waals surface area contributed by atoms with Gasteiger partial charge in [-0.25, -0.2) is 17.2 Å². The molecule has 1 aliphatic rings. The fourth-order valence-electron chi connectivity index (χ4n) is 2.13. The van der Waals surface area contributed by atoms with E-state index in [1.807, 2.05) is 4.72 Å². The molecule has 0 spiro atoms. The van der Waals surface area contributed by atoms with E-state index in [1.54, 1.807) is 6.92 Å². The molecular formula is C15H12F2N2O4S. The molecular weight excluding hydrogens is 342 g/mol. The Hall–Kier alpha value is -2.68. The van der Waals surface area contributed by atoms with Crippen LogP contribution in [0.4, 0.5) is 20.2 Å². The summed E-state index contributed by atoms with van der Waals surface area (Å²) in [6.45, 7) is 1.55. The summed E-state index contributed by atoms with van der Waals surface area (Å²) in [5.74, 6) is -1.79. The SMILES string of the molecule is C[C@H]1Oc2ccc(S(=O)(=O)Nc3cc(F)ccc3F)cc2NC1=O. The van der Waals surface area contributed by atoms with E-state index in [4.69, 9.17) is 4.74 Å². The molecule has 1 aliphatic heterocycles. The summed E-state index contributed by atoms with van der Waals surface area (Å²) in [4.78, 5) is 11.4. The highest BCUT2D eigenvalue weighted by atomic mass is 32.2. The third-order valence-electron chi connectivity index (χ3n) is 3.36. The van der Waals surface area contributed by atoms with Crippen LogP contribution in [-0.4, -0.2) is 20.4 Å². The molecule has 0 unspecified atom stereocenters. The average Bonchev–Trinajstić information content (AvgIpc) is 2.51. The second-order valence-corrected chi connectivity index (χ2v) is 6.82. The Kier molecular flexibility index (Phi) is 3.88. The van der Waals surface area contributed by atoms with Gasteiger partial charge < -0.3 is 10.1 Å². The topological polar surface area (TPSA) is 84.5 Å². The van der Waals surface area contributed by atoms with Gasteiger partial charge in [0, 0.05) is 6.07 Å². The van der Waals surface area contributed by atoms with Crippen LogP contribution < -0.4 is 14.8 Å². The van der Waals surface area contributed by atoms with Gasteiger partial charge in [0.15, 0.2) is 6.10 Å². The van der Waals surface area contributed by atoms with Crippen molar-refractivity contribution in [3.8, 4) is 5.75 Å². The van der Waals surface area contributed by atoms with Gasteiger partial charge in [-0.2, -0.15) is 0 Å². The van der Waals surface area contributed by atoms with E-state index in [9.17, 15) is 22.0 Å². The highest BCUT2D eigenvalue weighted by Gasteiger charge is 2.26. The average molecular weight is 354 g/mol. The lowest BCUT2D eigenvalue weighted by molar-refractivity contribution is -0.122. The molecule has 24 heavy (non-hydrogen) atoms. The predicted octanol–water partition coefficient (Wildman–Crippen LogP) is 2.49. The van der Waals surface area contributed by atoms with Crippen molar-refractivity contribution in [1.82, 2.24) is 0 Å². The Morgan fingerprint density at radius 2 is 1.92 bits per heavy atom. The van der Waals surface area contributed by atoms with Crippen LogP contribution in [0.25, 0.3) is 0 Å². The number of benzene rings is 2. The van der Waals surface area contributed by atoms with Crippen LogP contribution in [0.1, 0.15) is 6.92 Å². The molecule has 126 valence electrons. The number of hydrogen-bond donors (Lipinski definition) is 2. The van der Waals surface area contributed by atoms with Gasteiger partial charge >= 0.3 is 0 Å². The normalized spacial score (nSPS) is 16.8. The summed E-state index contributed by atoms with van der Waals surface area (Å²) in [6, 6.07) is 6.22. The maximum absolute atomic E-state index is 13.6. The summed E-state index contributed by atoms with van der Waals surface area (Å²) in [5.41, 5.74) is -0.331. The van der Waals surface area contributed by atoms with Crippen molar-refractivity contribution in [2.75, 3.05) is 10.0 Å². The van der Waals surface area contributed by atoms with Gasteiger partial charge in [0.05, 0.1) is 16.3 Å². The molecule has 2 N–H and O–H groups in total. The number of rotatable bonds is 3. The highest BCUT2D eigenvalue weighted by Crippen LogP contribution is 2.32. The predicted molar refractivity (Wildman–Crippen MR) is 82.3 cm³/mol. The first-order valence-corrected chi connectivity index (χ1v) is 8.34. The first-order valence-electron chi connectivity index (χ1n) is 6.86. The summed E-state index contributed by atoms with van der Waals surface area (Å²) >= 11 is 0. The second-order valence-electron chi connectivity index (χ2n) is 5.14. The number of carbonyl (C=O) groups is 1. The van der Waals surface area contributed by atoms with Crippen molar-refractivity contribution in [2.45, 2.75) is 17.9 Å². The number of halogens is 2. The third-order valence-corrected chi connectivity index (χ3v) is 4.73. The minimum absolute atomic E-state index is 0.181. The third kappa shape index (κ3) is 3.02. The maximum atomic E-state index is 13.6. The van der Waals surface area contributed by atoms with Crippen molar-refractivity contribution in [3.05, 3.63) is 48.0 Å². The van der Waals surface area contributed by atoms with Gasteiger partial charge in [-0.3, -0.25) is 9.52 Å². The van der Waals surface area contributed by atoms with Crippen LogP contribution in [-0.2, 0) is 14.8 Å². The minimum Gasteiger partial charge on any atom is -0.479 e. The summed E-state index contributed by atoms with van der Waals surface area (Å²) in [7, 11) is -4.18. The maximum Gasteiger partial charge on any atom is 0.265 e. The monoisotopic (exact) mass is 354 g/mol. The number of sulfonamides is 1. The van der Waals surface area contributed by atoms with Crippen LogP contribution in [0.5, 0.6) is 5.75 Å². The Morgan fingerprint density at radius 3 is 2.67 bits per heavy atom. The molecule has 0 aliphatic carbocycles. The first kappa shape index (κ1) is 16.2. The molecule has 0 fully saturated rings. The van der Waals surface area contributed by atoms with Crippen LogP contribution in [0.2, 0.25) is 0 Å². The van der Waals surface area contributed by atoms with Gasteiger partial charge in [0.2, 0.25) is 0 Å². The van der Waals surface area contributed by atoms with Gasteiger partial charge in [0.25, 0.3) is 15.9 Å². The van der Waals surface area contributed by atoms with Gasteiger partial charge in [-0.05, 0) is 37.3 Å². The van der Waals surface area contributed by atoms with E-state index in [1.165, 1.54) is 18.2 Å². The van der Waals surface area contributed by atoms with E-state index in [2.05, 4.69) is 5.32 Å². The lowest BCUT2D eigenvalue weighted by Gasteiger charge is -2.23. The zero-order valence-corrected chi connectivity index (χ0v) is 13.2. The minimum atomic E-state index is -4.18. The van der Waals surface area contributed by atoms with Gasteiger partial charge in [-0.1, -0.05) is 0 Å². The Labute approximate surface area is 136 Å². The lowest BCUT2D eigenvalue weighted by Crippen LogP contribution is -2.34. The zero-order chi connectivity index (χ0) is 17.5. The fraction of sp³-hybridized carbons (Fsp3) is 0.133. The number of nitrogens with one attached hydrogen (secondary N) is 2. The van der Waals surface area contributed by atoms with Gasteiger partial charge in [0.1, 0.15) is 17.4 Å². The van der Waals surface area contributed by atoms with Crippen LogP contribution >= 0.6 is 0 Å². The number of carbonyl (C=O) groups excluding carboxylic acids is 1. The number of hydrogen-bond acceptors (Lipinski definition) is 4. The van der Waals surface area contributed by atoms with Crippen molar-refractivity contribution in [2.24, 2.45) is 0 Å². The highest BCUT2D eigenvalue weighted by molar-refractivity contribution is 7.92. The smallest absolute Gasteiger partial charge is 0.265 e. The summed E-state index contributed by atoms with van der Waals surface area (Å²) < 4.78 is 58.8. The Balaban J connectivity index is 1.95. The zero-order valence-electron chi connectivity index (χ0n) is 12.3. The largest absolute Gasteiger partial charge is 0.479 e. The number of amides is 1. The van der Waals surface area contributed by atoms with E-state index in [-0.39, 0.29) is 10.6 Å². The molecule has 2 aromatic carbocycles. The molecule has 6 nitrogen and oxygen atoms in total. The van der Waals surface area contributed by atoms with E-state index < -0.39 is 39.4 Å². The van der Waals surface area contributed by atoms with Crippen LogP contribution in [0.3, 0.4) is 0 Å². The van der Waals surface area contributed by atoms with E-state index in [0.29, 0.717) is 5.75 Å². The quantitative estimate of drug-likeness (QED) is 0.887.